The van der Waals surface area contributed by atoms with Gasteiger partial charge in [-0.2, -0.15) is 0 Å². The lowest BCUT2D eigenvalue weighted by atomic mass is 9.78. The topological polar surface area (TPSA) is 56.8 Å². The molecule has 1 unspecified atom stereocenters. The lowest BCUT2D eigenvalue weighted by Crippen LogP contribution is -2.31. The van der Waals surface area contributed by atoms with E-state index in [1.165, 1.54) is 11.1 Å². The second-order valence-corrected chi connectivity index (χ2v) is 9.57. The van der Waals surface area contributed by atoms with E-state index in [-0.39, 0.29) is 11.8 Å². The number of carbonyl (C=O) groups is 1. The maximum absolute atomic E-state index is 13.3. The monoisotopic (exact) mass is 459 g/mol. The summed E-state index contributed by atoms with van der Waals surface area (Å²) in [5.74, 6) is 1.88. The van der Waals surface area contributed by atoms with Crippen molar-refractivity contribution in [2.75, 3.05) is 19.5 Å². The Hall–Kier alpha value is -3.47. The second kappa shape index (κ2) is 8.71. The van der Waals surface area contributed by atoms with Crippen molar-refractivity contribution >= 4 is 11.6 Å². The van der Waals surface area contributed by atoms with Crippen LogP contribution >= 0.6 is 0 Å². The van der Waals surface area contributed by atoms with Crippen molar-refractivity contribution in [3.8, 4) is 17.2 Å². The summed E-state index contributed by atoms with van der Waals surface area (Å²) < 4.78 is 17.2. The zero-order chi connectivity index (χ0) is 24.8. The quantitative estimate of drug-likeness (QED) is 0.474. The molecule has 178 valence electrons. The van der Waals surface area contributed by atoms with Crippen LogP contribution in [-0.2, 0) is 0 Å². The molecule has 1 heterocycles. The van der Waals surface area contributed by atoms with Gasteiger partial charge in [0.2, 0.25) is 0 Å². The molecule has 4 rings (SSSR count). The van der Waals surface area contributed by atoms with Crippen LogP contribution in [0, 0.1) is 27.7 Å². The molecule has 1 aliphatic rings. The van der Waals surface area contributed by atoms with E-state index in [0.29, 0.717) is 17.1 Å². The van der Waals surface area contributed by atoms with Gasteiger partial charge in [0.1, 0.15) is 11.4 Å². The van der Waals surface area contributed by atoms with Crippen LogP contribution in [0.3, 0.4) is 0 Å². The van der Waals surface area contributed by atoms with E-state index in [2.05, 4.69) is 64.2 Å². The number of fused-ring (bicyclic) bond motifs is 1. The Kier molecular flexibility index (Phi) is 6.07. The summed E-state index contributed by atoms with van der Waals surface area (Å²) in [5.41, 5.74) is 7.57. The highest BCUT2D eigenvalue weighted by atomic mass is 16.5. The minimum atomic E-state index is -0.411. The molecule has 34 heavy (non-hydrogen) atoms. The smallest absolute Gasteiger partial charge is 0.255 e. The average molecular weight is 460 g/mol. The molecule has 0 aromatic heterocycles. The van der Waals surface area contributed by atoms with Crippen LogP contribution in [0.5, 0.6) is 17.2 Å². The third-order valence-corrected chi connectivity index (χ3v) is 6.95. The lowest BCUT2D eigenvalue weighted by Gasteiger charge is -2.27. The zero-order valence-corrected chi connectivity index (χ0v) is 21.3. The Morgan fingerprint density at radius 1 is 0.882 bits per heavy atom. The number of benzene rings is 3. The number of nitrogens with one attached hydrogen (secondary N) is 1. The van der Waals surface area contributed by atoms with Crippen molar-refractivity contribution < 1.29 is 19.0 Å². The Bertz CT molecular complexity index is 1260. The van der Waals surface area contributed by atoms with E-state index in [4.69, 9.17) is 14.2 Å². The van der Waals surface area contributed by atoms with Crippen LogP contribution in [0.2, 0.25) is 0 Å². The molecule has 5 heteroatoms. The molecule has 1 amide bonds. The standard InChI is InChI=1S/C29H33NO4/c1-16-9-11-20(12-10-16)25-24-19(4)26(17(2)18(3)27(24)34-29(25,5)6)30-28(31)21-13-14-22(32-7)23(15-21)33-8/h9-15,25H,1-8H3,(H,30,31). The number of ether oxygens (including phenoxy) is 3. The van der Waals surface area contributed by atoms with Crippen molar-refractivity contribution in [2.24, 2.45) is 0 Å². The molecular weight excluding hydrogens is 426 g/mol. The van der Waals surface area contributed by atoms with Gasteiger partial charge in [-0.1, -0.05) is 29.8 Å². The van der Waals surface area contributed by atoms with Crippen molar-refractivity contribution in [3.05, 3.63) is 81.4 Å². The number of hydrogen-bond acceptors (Lipinski definition) is 4. The maximum Gasteiger partial charge on any atom is 0.255 e. The third kappa shape index (κ3) is 3.89. The number of rotatable bonds is 5. The van der Waals surface area contributed by atoms with E-state index >= 15 is 0 Å². The second-order valence-electron chi connectivity index (χ2n) is 9.57. The van der Waals surface area contributed by atoms with Crippen LogP contribution < -0.4 is 19.5 Å². The number of hydrogen-bond donors (Lipinski definition) is 1. The largest absolute Gasteiger partial charge is 0.493 e. The van der Waals surface area contributed by atoms with Crippen LogP contribution in [0.1, 0.15) is 63.5 Å². The summed E-state index contributed by atoms with van der Waals surface area (Å²) in [4.78, 5) is 13.3. The van der Waals surface area contributed by atoms with E-state index in [9.17, 15) is 4.79 Å². The normalized spacial score (nSPS) is 15.9. The van der Waals surface area contributed by atoms with Crippen molar-refractivity contribution in [2.45, 2.75) is 53.1 Å². The molecule has 0 bridgehead atoms. The first kappa shape index (κ1) is 23.7. The third-order valence-electron chi connectivity index (χ3n) is 6.95. The SMILES string of the molecule is COc1ccc(C(=O)Nc2c(C)c(C)c3c(c2C)C(c2ccc(C)cc2)C(C)(C)O3)cc1OC. The fraction of sp³-hybridized carbons (Fsp3) is 0.345. The fourth-order valence-electron chi connectivity index (χ4n) is 4.97. The van der Waals surface area contributed by atoms with Crippen LogP contribution in [0.15, 0.2) is 42.5 Å². The van der Waals surface area contributed by atoms with Crippen LogP contribution in [0.4, 0.5) is 5.69 Å². The minimum absolute atomic E-state index is 0.0548. The molecule has 0 spiro atoms. The van der Waals surface area contributed by atoms with Crippen LogP contribution in [0.25, 0.3) is 0 Å². The summed E-state index contributed by atoms with van der Waals surface area (Å²) in [6.45, 7) is 12.5. The number of carbonyl (C=O) groups excluding carboxylic acids is 1. The van der Waals surface area contributed by atoms with Crippen molar-refractivity contribution in [1.29, 1.82) is 0 Å². The molecule has 3 aromatic rings. The van der Waals surface area contributed by atoms with Gasteiger partial charge in [-0.05, 0) is 82.0 Å². The molecule has 3 aromatic carbocycles. The molecule has 5 nitrogen and oxygen atoms in total. The summed E-state index contributed by atoms with van der Waals surface area (Å²) in [5, 5.41) is 3.17. The summed E-state index contributed by atoms with van der Waals surface area (Å²) in [7, 11) is 3.14. The van der Waals surface area contributed by atoms with Gasteiger partial charge in [-0.3, -0.25) is 4.79 Å². The van der Waals surface area contributed by atoms with Gasteiger partial charge in [0, 0.05) is 16.8 Å². The van der Waals surface area contributed by atoms with Crippen molar-refractivity contribution in [3.63, 3.8) is 0 Å². The lowest BCUT2D eigenvalue weighted by molar-refractivity contribution is 0.102. The van der Waals surface area contributed by atoms with Gasteiger partial charge in [0.25, 0.3) is 5.91 Å². The summed E-state index contributed by atoms with van der Waals surface area (Å²) >= 11 is 0. The van der Waals surface area contributed by atoms with Gasteiger partial charge in [0.05, 0.1) is 20.1 Å². The fourth-order valence-corrected chi connectivity index (χ4v) is 4.97. The summed E-state index contributed by atoms with van der Waals surface area (Å²) in [6, 6.07) is 13.8. The van der Waals surface area contributed by atoms with Gasteiger partial charge < -0.3 is 19.5 Å². The highest BCUT2D eigenvalue weighted by Crippen LogP contribution is 2.53. The molecule has 0 radical (unpaired) electrons. The molecule has 0 saturated carbocycles. The highest BCUT2D eigenvalue weighted by Gasteiger charge is 2.45. The Morgan fingerprint density at radius 3 is 2.15 bits per heavy atom. The van der Waals surface area contributed by atoms with Crippen LogP contribution in [-0.4, -0.2) is 25.7 Å². The average Bonchev–Trinajstić information content (AvgIpc) is 3.11. The zero-order valence-electron chi connectivity index (χ0n) is 21.3. The molecule has 0 fully saturated rings. The number of amides is 1. The molecular formula is C29H33NO4. The first-order valence-corrected chi connectivity index (χ1v) is 11.5. The maximum atomic E-state index is 13.3. The Morgan fingerprint density at radius 2 is 1.53 bits per heavy atom. The molecule has 1 aliphatic heterocycles. The first-order chi connectivity index (χ1) is 16.1. The molecule has 0 aliphatic carbocycles. The van der Waals surface area contributed by atoms with Gasteiger partial charge in [-0.15, -0.1) is 0 Å². The van der Waals surface area contributed by atoms with Gasteiger partial charge in [0.15, 0.2) is 11.5 Å². The summed E-state index contributed by atoms with van der Waals surface area (Å²) in [6.07, 6.45) is 0. The van der Waals surface area contributed by atoms with Gasteiger partial charge in [-0.25, -0.2) is 0 Å². The van der Waals surface area contributed by atoms with E-state index in [1.54, 1.807) is 32.4 Å². The molecule has 1 atom stereocenters. The predicted molar refractivity (Wildman–Crippen MR) is 136 cm³/mol. The number of aryl methyl sites for hydroxylation is 1. The van der Waals surface area contributed by atoms with E-state index < -0.39 is 5.60 Å². The number of anilines is 1. The molecule has 1 N–H and O–H groups in total. The van der Waals surface area contributed by atoms with Gasteiger partial charge >= 0.3 is 0 Å². The predicted octanol–water partition coefficient (Wildman–Crippen LogP) is 6.49. The van der Waals surface area contributed by atoms with E-state index in [1.807, 2.05) is 6.92 Å². The van der Waals surface area contributed by atoms with E-state index in [0.717, 1.165) is 33.7 Å². The minimum Gasteiger partial charge on any atom is -0.493 e. The Balaban J connectivity index is 1.79. The Labute approximate surface area is 202 Å². The highest BCUT2D eigenvalue weighted by molar-refractivity contribution is 6.06. The molecule has 0 saturated heterocycles. The first-order valence-electron chi connectivity index (χ1n) is 11.5. The number of methoxy groups -OCH3 is 2. The van der Waals surface area contributed by atoms with Crippen molar-refractivity contribution in [1.82, 2.24) is 0 Å².